The molecule has 0 fully saturated rings. The van der Waals surface area contributed by atoms with Gasteiger partial charge >= 0.3 is 0 Å². The van der Waals surface area contributed by atoms with Crippen molar-refractivity contribution >= 4 is 28.7 Å². The van der Waals surface area contributed by atoms with E-state index in [1.54, 1.807) is 4.90 Å². The summed E-state index contributed by atoms with van der Waals surface area (Å²) >= 11 is 0. The molecule has 26 heavy (non-hydrogen) atoms. The fraction of sp³-hybridized carbons (Fsp3) is 0.0455. The maximum absolute atomic E-state index is 13.1. The average Bonchev–Trinajstić information content (AvgIpc) is 2.96. The molecule has 4 rings (SSSR count). The Morgan fingerprint density at radius 2 is 1.58 bits per heavy atom. The first-order valence-corrected chi connectivity index (χ1v) is 8.31. The Hall–Kier alpha value is -3.71. The summed E-state index contributed by atoms with van der Waals surface area (Å²) in [6.45, 7) is 0. The lowest BCUT2D eigenvalue weighted by Crippen LogP contribution is -2.25. The molecule has 1 aliphatic heterocycles. The molecule has 0 atom stereocenters. The van der Waals surface area contributed by atoms with Gasteiger partial charge in [0.05, 0.1) is 23.9 Å². The van der Waals surface area contributed by atoms with Gasteiger partial charge in [-0.15, -0.1) is 0 Å². The van der Waals surface area contributed by atoms with E-state index >= 15 is 0 Å². The van der Waals surface area contributed by atoms with Crippen molar-refractivity contribution in [2.75, 3.05) is 4.90 Å². The Kier molecular flexibility index (Phi) is 4.04. The highest BCUT2D eigenvalue weighted by atomic mass is 16.2. The first kappa shape index (κ1) is 15.8. The van der Waals surface area contributed by atoms with E-state index in [9.17, 15) is 4.79 Å². The van der Waals surface area contributed by atoms with Crippen LogP contribution < -0.4 is 4.90 Å². The lowest BCUT2D eigenvalue weighted by molar-refractivity contribution is -0.111. The van der Waals surface area contributed by atoms with E-state index in [0.29, 0.717) is 17.8 Å². The first-order chi connectivity index (χ1) is 12.8. The molecule has 0 bridgehead atoms. The third-order valence-corrected chi connectivity index (χ3v) is 4.28. The van der Waals surface area contributed by atoms with Crippen LogP contribution >= 0.6 is 0 Å². The standard InChI is InChI=1S/C22H15N3O/c23-15-14-16-10-12-17(13-11-16)24-21-19-8-4-5-9-20(19)25(22(21)26)18-6-2-1-3-7-18/h1-13H,14H2. The highest BCUT2D eigenvalue weighted by Gasteiger charge is 2.34. The van der Waals surface area contributed by atoms with Gasteiger partial charge in [-0.3, -0.25) is 9.69 Å². The molecule has 1 heterocycles. The molecule has 1 aliphatic rings. The molecular formula is C22H15N3O. The zero-order chi connectivity index (χ0) is 17.9. The van der Waals surface area contributed by atoms with Gasteiger partial charge in [0.15, 0.2) is 0 Å². The van der Waals surface area contributed by atoms with Gasteiger partial charge in [-0.2, -0.15) is 5.26 Å². The van der Waals surface area contributed by atoms with Crippen molar-refractivity contribution in [3.8, 4) is 6.07 Å². The highest BCUT2D eigenvalue weighted by Crippen LogP contribution is 2.36. The van der Waals surface area contributed by atoms with Crippen LogP contribution in [0.4, 0.5) is 17.1 Å². The average molecular weight is 337 g/mol. The van der Waals surface area contributed by atoms with Crippen molar-refractivity contribution in [2.24, 2.45) is 4.99 Å². The predicted molar refractivity (Wildman–Crippen MR) is 102 cm³/mol. The topological polar surface area (TPSA) is 56.5 Å². The number of hydrogen-bond acceptors (Lipinski definition) is 3. The minimum atomic E-state index is -0.140. The number of aliphatic imine (C=N–C) groups is 1. The molecule has 124 valence electrons. The van der Waals surface area contributed by atoms with Gasteiger partial charge in [-0.25, -0.2) is 4.99 Å². The predicted octanol–water partition coefficient (Wildman–Crippen LogP) is 4.55. The number of para-hydroxylation sites is 2. The van der Waals surface area contributed by atoms with Crippen molar-refractivity contribution in [3.63, 3.8) is 0 Å². The second-order valence-corrected chi connectivity index (χ2v) is 5.96. The van der Waals surface area contributed by atoms with Crippen LogP contribution in [0.15, 0.2) is 83.9 Å². The molecule has 0 saturated carbocycles. The Morgan fingerprint density at radius 3 is 2.31 bits per heavy atom. The smallest absolute Gasteiger partial charge is 0.275 e. The van der Waals surface area contributed by atoms with E-state index in [1.165, 1.54) is 0 Å². The van der Waals surface area contributed by atoms with Crippen LogP contribution in [0.3, 0.4) is 0 Å². The molecule has 3 aromatic carbocycles. The normalized spacial score (nSPS) is 14.3. The van der Waals surface area contributed by atoms with Crippen LogP contribution in [0.2, 0.25) is 0 Å². The highest BCUT2D eigenvalue weighted by molar-refractivity contribution is 6.56. The first-order valence-electron chi connectivity index (χ1n) is 8.31. The van der Waals surface area contributed by atoms with Crippen LogP contribution in [-0.2, 0) is 11.2 Å². The monoisotopic (exact) mass is 337 g/mol. The number of anilines is 2. The van der Waals surface area contributed by atoms with Crippen LogP contribution in [0.25, 0.3) is 0 Å². The summed E-state index contributed by atoms with van der Waals surface area (Å²) < 4.78 is 0. The van der Waals surface area contributed by atoms with Gasteiger partial charge in [0.1, 0.15) is 5.71 Å². The van der Waals surface area contributed by atoms with Crippen molar-refractivity contribution in [1.82, 2.24) is 0 Å². The molecule has 4 heteroatoms. The minimum absolute atomic E-state index is 0.140. The van der Waals surface area contributed by atoms with E-state index in [0.717, 1.165) is 22.5 Å². The maximum atomic E-state index is 13.1. The zero-order valence-corrected chi connectivity index (χ0v) is 14.0. The summed E-state index contributed by atoms with van der Waals surface area (Å²) in [6.07, 6.45) is 0.362. The van der Waals surface area contributed by atoms with Gasteiger partial charge in [0.2, 0.25) is 0 Å². The third kappa shape index (κ3) is 2.76. The van der Waals surface area contributed by atoms with Crippen molar-refractivity contribution in [3.05, 3.63) is 90.0 Å². The Balaban J connectivity index is 1.78. The molecule has 0 radical (unpaired) electrons. The van der Waals surface area contributed by atoms with E-state index < -0.39 is 0 Å². The maximum Gasteiger partial charge on any atom is 0.282 e. The van der Waals surface area contributed by atoms with E-state index in [4.69, 9.17) is 5.26 Å². The van der Waals surface area contributed by atoms with Gasteiger partial charge in [0.25, 0.3) is 5.91 Å². The summed E-state index contributed by atoms with van der Waals surface area (Å²) in [6, 6.07) is 26.8. The van der Waals surface area contributed by atoms with E-state index in [-0.39, 0.29) is 5.91 Å². The zero-order valence-electron chi connectivity index (χ0n) is 14.0. The summed E-state index contributed by atoms with van der Waals surface area (Å²) in [5.74, 6) is -0.140. The number of carbonyl (C=O) groups excluding carboxylic acids is 1. The SMILES string of the molecule is N#CCc1ccc(N=C2C(=O)N(c3ccccc3)c3ccccc32)cc1. The van der Waals surface area contributed by atoms with Crippen LogP contribution in [0.1, 0.15) is 11.1 Å². The Bertz CT molecular complexity index is 1030. The second kappa shape index (κ2) is 6.66. The molecule has 4 nitrogen and oxygen atoms in total. The number of fused-ring (bicyclic) bond motifs is 1. The van der Waals surface area contributed by atoms with Crippen molar-refractivity contribution in [1.29, 1.82) is 5.26 Å². The van der Waals surface area contributed by atoms with Gasteiger partial charge in [0, 0.05) is 11.3 Å². The van der Waals surface area contributed by atoms with Crippen molar-refractivity contribution in [2.45, 2.75) is 6.42 Å². The molecule has 0 N–H and O–H groups in total. The lowest BCUT2D eigenvalue weighted by Gasteiger charge is -2.16. The molecule has 1 amide bonds. The fourth-order valence-corrected chi connectivity index (χ4v) is 3.05. The summed E-state index contributed by atoms with van der Waals surface area (Å²) in [7, 11) is 0. The quantitative estimate of drug-likeness (QED) is 0.704. The lowest BCUT2D eigenvalue weighted by atomic mass is 10.1. The molecular weight excluding hydrogens is 322 g/mol. The molecule has 0 aliphatic carbocycles. The molecule has 0 spiro atoms. The third-order valence-electron chi connectivity index (χ3n) is 4.28. The number of nitriles is 1. The Morgan fingerprint density at radius 1 is 0.885 bits per heavy atom. The number of hydrogen-bond donors (Lipinski definition) is 0. The van der Waals surface area contributed by atoms with Gasteiger partial charge in [-0.1, -0.05) is 48.5 Å². The molecule has 3 aromatic rings. The van der Waals surface area contributed by atoms with E-state index in [1.807, 2.05) is 78.9 Å². The van der Waals surface area contributed by atoms with Gasteiger partial charge in [-0.05, 0) is 35.9 Å². The minimum Gasteiger partial charge on any atom is -0.275 e. The number of amides is 1. The number of benzene rings is 3. The second-order valence-electron chi connectivity index (χ2n) is 5.96. The molecule has 0 unspecified atom stereocenters. The largest absolute Gasteiger partial charge is 0.282 e. The van der Waals surface area contributed by atoms with Crippen LogP contribution in [-0.4, -0.2) is 11.6 Å². The Labute approximate surface area is 151 Å². The van der Waals surface area contributed by atoms with E-state index in [2.05, 4.69) is 11.1 Å². The summed E-state index contributed by atoms with van der Waals surface area (Å²) in [4.78, 5) is 19.4. The number of carbonyl (C=O) groups is 1. The molecule has 0 saturated heterocycles. The molecule has 0 aromatic heterocycles. The number of nitrogens with zero attached hydrogens (tertiary/aromatic N) is 3. The van der Waals surface area contributed by atoms with Gasteiger partial charge < -0.3 is 0 Å². The van der Waals surface area contributed by atoms with Crippen LogP contribution in [0.5, 0.6) is 0 Å². The van der Waals surface area contributed by atoms with Crippen molar-refractivity contribution < 1.29 is 4.79 Å². The number of rotatable bonds is 3. The fourth-order valence-electron chi connectivity index (χ4n) is 3.05. The van der Waals surface area contributed by atoms with Crippen LogP contribution in [0, 0.1) is 11.3 Å². The summed E-state index contributed by atoms with van der Waals surface area (Å²) in [5, 5.41) is 8.77. The summed E-state index contributed by atoms with van der Waals surface area (Å²) in [5.41, 5.74) is 4.53.